The summed E-state index contributed by atoms with van der Waals surface area (Å²) in [5.74, 6) is 0.0854. The number of anilines is 1. The summed E-state index contributed by atoms with van der Waals surface area (Å²) in [6.45, 7) is 2.14. The minimum Gasteiger partial charge on any atom is -0.337 e. The number of aromatic nitrogens is 2. The van der Waals surface area contributed by atoms with Crippen molar-refractivity contribution in [3.63, 3.8) is 0 Å². The summed E-state index contributed by atoms with van der Waals surface area (Å²) in [7, 11) is -1.85. The summed E-state index contributed by atoms with van der Waals surface area (Å²) < 4.78 is 45.3. The van der Waals surface area contributed by atoms with E-state index in [2.05, 4.69) is 9.71 Å². The lowest BCUT2D eigenvalue weighted by atomic mass is 9.87. The molecule has 0 radical (unpaired) electrons. The Hall–Kier alpha value is -3.82. The molecule has 0 saturated heterocycles. The molecule has 3 aromatic carbocycles. The fourth-order valence-corrected chi connectivity index (χ4v) is 7.23. The van der Waals surface area contributed by atoms with Gasteiger partial charge in [0.05, 0.1) is 11.4 Å². The first-order valence-corrected chi connectivity index (χ1v) is 15.4. The third kappa shape index (κ3) is 5.69. The van der Waals surface area contributed by atoms with Gasteiger partial charge in [0.2, 0.25) is 15.9 Å². The molecule has 2 aliphatic rings. The van der Waals surface area contributed by atoms with E-state index >= 15 is 0 Å². The van der Waals surface area contributed by atoms with Crippen molar-refractivity contribution in [1.29, 1.82) is 0 Å². The zero-order chi connectivity index (χ0) is 28.7. The largest absolute Gasteiger partial charge is 0.337 e. The van der Waals surface area contributed by atoms with Crippen molar-refractivity contribution in [2.45, 2.75) is 56.0 Å². The Morgan fingerprint density at radius 3 is 2.71 bits per heavy atom. The smallest absolute Gasteiger partial charge is 0.241 e. The predicted molar refractivity (Wildman–Crippen MR) is 155 cm³/mol. The second-order valence-electron chi connectivity index (χ2n) is 11.1. The maximum absolute atomic E-state index is 14.0. The maximum atomic E-state index is 14.0. The van der Waals surface area contributed by atoms with Crippen LogP contribution in [0.3, 0.4) is 0 Å². The Balaban J connectivity index is 1.32. The topological polar surface area (TPSA) is 84.3 Å². The van der Waals surface area contributed by atoms with Crippen LogP contribution in [0.2, 0.25) is 0 Å². The lowest BCUT2D eigenvalue weighted by molar-refractivity contribution is -0.120. The summed E-state index contributed by atoms with van der Waals surface area (Å²) in [4.78, 5) is 20.4. The number of halogens is 1. The summed E-state index contributed by atoms with van der Waals surface area (Å²) in [5.41, 5.74) is 4.37. The summed E-state index contributed by atoms with van der Waals surface area (Å²) in [6, 6.07) is 18.8. The number of hydrogen-bond acceptors (Lipinski definition) is 4. The Bertz CT molecular complexity index is 1720. The zero-order valence-electron chi connectivity index (χ0n) is 23.1. The van der Waals surface area contributed by atoms with Gasteiger partial charge >= 0.3 is 0 Å². The van der Waals surface area contributed by atoms with Gasteiger partial charge in [-0.25, -0.2) is 22.5 Å². The van der Waals surface area contributed by atoms with Gasteiger partial charge in [-0.2, -0.15) is 0 Å². The molecule has 0 bridgehead atoms. The van der Waals surface area contributed by atoms with Crippen LogP contribution >= 0.6 is 0 Å². The first-order valence-electron chi connectivity index (χ1n) is 13.9. The second-order valence-corrected chi connectivity index (χ2v) is 12.9. The molecule has 0 unspecified atom stereocenters. The van der Waals surface area contributed by atoms with Crippen molar-refractivity contribution >= 4 is 21.6 Å². The molecule has 1 heterocycles. The van der Waals surface area contributed by atoms with Crippen LogP contribution in [0.15, 0.2) is 84.0 Å². The Kier molecular flexibility index (Phi) is 7.25. The Morgan fingerprint density at radius 1 is 1.12 bits per heavy atom. The predicted octanol–water partition coefficient (Wildman–Crippen LogP) is 5.56. The highest BCUT2D eigenvalue weighted by Gasteiger charge is 2.46. The van der Waals surface area contributed by atoms with Crippen molar-refractivity contribution in [3.05, 3.63) is 113 Å². The van der Waals surface area contributed by atoms with Gasteiger partial charge in [0.25, 0.3) is 0 Å². The number of aryl methyl sites for hydroxylation is 3. The number of fused-ring (bicyclic) bond motifs is 1. The lowest BCUT2D eigenvalue weighted by Gasteiger charge is -2.29. The van der Waals surface area contributed by atoms with Gasteiger partial charge in [0.15, 0.2) is 0 Å². The highest BCUT2D eigenvalue weighted by Crippen LogP contribution is 2.49. The van der Waals surface area contributed by atoms with E-state index in [4.69, 9.17) is 0 Å². The zero-order valence-corrected chi connectivity index (χ0v) is 23.9. The van der Waals surface area contributed by atoms with Gasteiger partial charge in [-0.15, -0.1) is 0 Å². The van der Waals surface area contributed by atoms with Crippen molar-refractivity contribution in [3.8, 4) is 0 Å². The molecule has 1 N–H and O–H groups in total. The van der Waals surface area contributed by atoms with E-state index in [-0.39, 0.29) is 35.0 Å². The van der Waals surface area contributed by atoms with Gasteiger partial charge in [-0.05, 0) is 97.2 Å². The van der Waals surface area contributed by atoms with Crippen LogP contribution in [-0.2, 0) is 34.8 Å². The SMILES string of the molecule is Cc1cccc(S(=O)(=O)N[C@H]2CCCc3ccc(N(Cc4nccn4C)C(=O)[C@@H]4C[C@@H]4c4cccc(F)c4)cc32)c1. The molecule has 1 fully saturated rings. The molecule has 3 atom stereocenters. The average Bonchev–Trinajstić information content (AvgIpc) is 3.66. The normalized spacial score (nSPS) is 19.9. The third-order valence-electron chi connectivity index (χ3n) is 8.22. The Labute approximate surface area is 240 Å². The number of nitrogens with zero attached hydrogens (tertiary/aromatic N) is 3. The van der Waals surface area contributed by atoms with Crippen LogP contribution in [0.5, 0.6) is 0 Å². The molecule has 2 aliphatic carbocycles. The number of carbonyl (C=O) groups is 1. The number of amides is 1. The molecule has 7 nitrogen and oxygen atoms in total. The maximum Gasteiger partial charge on any atom is 0.241 e. The number of carbonyl (C=O) groups excluding carboxylic acids is 1. The van der Waals surface area contributed by atoms with Crippen molar-refractivity contribution in [2.75, 3.05) is 4.90 Å². The van der Waals surface area contributed by atoms with Crippen LogP contribution in [0.4, 0.5) is 10.1 Å². The summed E-state index contributed by atoms with van der Waals surface area (Å²) in [5, 5.41) is 0. The van der Waals surface area contributed by atoms with Crippen molar-refractivity contribution in [2.24, 2.45) is 13.0 Å². The highest BCUT2D eigenvalue weighted by atomic mass is 32.2. The molecule has 1 saturated carbocycles. The van der Waals surface area contributed by atoms with Crippen molar-refractivity contribution < 1.29 is 17.6 Å². The molecule has 41 heavy (non-hydrogen) atoms. The lowest BCUT2D eigenvalue weighted by Crippen LogP contribution is -2.34. The van der Waals surface area contributed by atoms with Crippen LogP contribution in [0.25, 0.3) is 0 Å². The average molecular weight is 573 g/mol. The van der Waals surface area contributed by atoms with E-state index in [1.165, 1.54) is 12.1 Å². The number of sulfonamides is 1. The number of benzene rings is 3. The first-order chi connectivity index (χ1) is 19.7. The molecular weight excluding hydrogens is 539 g/mol. The van der Waals surface area contributed by atoms with Gasteiger partial charge in [-0.1, -0.05) is 30.3 Å². The van der Waals surface area contributed by atoms with E-state index in [1.54, 1.807) is 35.4 Å². The van der Waals surface area contributed by atoms with E-state index in [0.717, 1.165) is 40.9 Å². The van der Waals surface area contributed by atoms with Crippen LogP contribution < -0.4 is 9.62 Å². The monoisotopic (exact) mass is 572 g/mol. The quantitative estimate of drug-likeness (QED) is 0.300. The molecular formula is C32H33FN4O3S. The van der Waals surface area contributed by atoms with Crippen LogP contribution in [-0.4, -0.2) is 23.9 Å². The molecule has 0 spiro atoms. The third-order valence-corrected chi connectivity index (χ3v) is 9.69. The molecule has 1 aromatic heterocycles. The van der Waals surface area contributed by atoms with E-state index in [0.29, 0.717) is 18.5 Å². The number of nitrogens with one attached hydrogen (secondary N) is 1. The Morgan fingerprint density at radius 2 is 1.95 bits per heavy atom. The molecule has 4 aromatic rings. The highest BCUT2D eigenvalue weighted by molar-refractivity contribution is 7.89. The minimum atomic E-state index is -3.74. The number of hydrogen-bond donors (Lipinski definition) is 1. The molecule has 9 heteroatoms. The fraction of sp³-hybridized carbons (Fsp3) is 0.312. The van der Waals surface area contributed by atoms with Gasteiger partial charge in [0, 0.05) is 37.1 Å². The first kappa shape index (κ1) is 27.4. The number of imidazole rings is 1. The van der Waals surface area contributed by atoms with Gasteiger partial charge in [0.1, 0.15) is 11.6 Å². The number of rotatable bonds is 8. The second kappa shape index (κ2) is 10.9. The van der Waals surface area contributed by atoms with Gasteiger partial charge < -0.3 is 9.47 Å². The molecule has 212 valence electrons. The standard InChI is InChI=1S/C32H33FN4O3S/c1-21-6-3-10-26(16-21)41(39,40)35-30-11-5-7-22-12-13-25(18-28(22)30)37(20-31-34-14-15-36(31)2)32(38)29-19-27(29)23-8-4-9-24(33)17-23/h3-4,6,8-10,12-18,27,29-30,35H,5,7,11,19-20H2,1-2H3/t27-,29-,30+/m1/s1. The van der Waals surface area contributed by atoms with E-state index in [9.17, 15) is 17.6 Å². The fourth-order valence-electron chi connectivity index (χ4n) is 5.88. The molecule has 0 aliphatic heterocycles. The van der Waals surface area contributed by atoms with Gasteiger partial charge in [-0.3, -0.25) is 4.79 Å². The van der Waals surface area contributed by atoms with Crippen LogP contribution in [0, 0.1) is 18.7 Å². The summed E-state index contributed by atoms with van der Waals surface area (Å²) in [6.07, 6.45) is 6.57. The molecule has 6 rings (SSSR count). The van der Waals surface area contributed by atoms with Crippen LogP contribution in [0.1, 0.15) is 59.3 Å². The molecule has 1 amide bonds. The minimum absolute atomic E-state index is 0.0337. The van der Waals surface area contributed by atoms with E-state index in [1.807, 2.05) is 55.1 Å². The summed E-state index contributed by atoms with van der Waals surface area (Å²) >= 11 is 0. The van der Waals surface area contributed by atoms with Crippen molar-refractivity contribution in [1.82, 2.24) is 14.3 Å². The van der Waals surface area contributed by atoms with E-state index < -0.39 is 16.1 Å².